The minimum absolute atomic E-state index is 0.0289. The number of aryl methyl sites for hydroxylation is 1. The average molecular weight is 324 g/mol. The van der Waals surface area contributed by atoms with Gasteiger partial charge >= 0.3 is 0 Å². The van der Waals surface area contributed by atoms with Gasteiger partial charge in [-0.05, 0) is 30.2 Å². The number of hydrogen-bond donors (Lipinski definition) is 0. The molecule has 0 fully saturated rings. The third kappa shape index (κ3) is 2.65. The van der Waals surface area contributed by atoms with E-state index in [2.05, 4.69) is 15.9 Å². The second-order valence-corrected chi connectivity index (χ2v) is 5.29. The molecule has 2 rings (SSSR count). The van der Waals surface area contributed by atoms with Gasteiger partial charge in [0.15, 0.2) is 5.78 Å². The Balaban J connectivity index is 2.51. The SMILES string of the molecule is CCc1ccccc1C(=O)c1cc(Br)ccc1Cl. The smallest absolute Gasteiger partial charge is 0.194 e. The van der Waals surface area contributed by atoms with Gasteiger partial charge in [-0.2, -0.15) is 0 Å². The first kappa shape index (κ1) is 13.3. The normalized spacial score (nSPS) is 10.4. The number of carbonyl (C=O) groups is 1. The number of hydrogen-bond acceptors (Lipinski definition) is 1. The van der Waals surface area contributed by atoms with Gasteiger partial charge in [-0.1, -0.05) is 58.7 Å². The number of ketones is 1. The highest BCUT2D eigenvalue weighted by molar-refractivity contribution is 9.10. The summed E-state index contributed by atoms with van der Waals surface area (Å²) in [5, 5.41) is 0.481. The van der Waals surface area contributed by atoms with Crippen LogP contribution in [0.15, 0.2) is 46.9 Å². The Morgan fingerprint density at radius 2 is 1.89 bits per heavy atom. The van der Waals surface area contributed by atoms with Gasteiger partial charge in [0.05, 0.1) is 5.02 Å². The van der Waals surface area contributed by atoms with Crippen LogP contribution in [-0.4, -0.2) is 5.78 Å². The third-order valence-electron chi connectivity index (χ3n) is 2.82. The minimum atomic E-state index is -0.0289. The molecule has 0 saturated heterocycles. The molecule has 0 N–H and O–H groups in total. The first-order valence-electron chi connectivity index (χ1n) is 5.71. The molecular formula is C15H12BrClO. The maximum absolute atomic E-state index is 12.5. The molecule has 0 atom stereocenters. The summed E-state index contributed by atoms with van der Waals surface area (Å²) in [6.07, 6.45) is 0.827. The summed E-state index contributed by atoms with van der Waals surface area (Å²) >= 11 is 9.46. The molecule has 0 aliphatic carbocycles. The van der Waals surface area contributed by atoms with Crippen molar-refractivity contribution in [3.63, 3.8) is 0 Å². The molecule has 0 radical (unpaired) electrons. The number of carbonyl (C=O) groups excluding carboxylic acids is 1. The number of halogens is 2. The van der Waals surface area contributed by atoms with Crippen LogP contribution in [0.2, 0.25) is 5.02 Å². The van der Waals surface area contributed by atoms with E-state index >= 15 is 0 Å². The van der Waals surface area contributed by atoms with E-state index in [1.54, 1.807) is 12.1 Å². The quantitative estimate of drug-likeness (QED) is 0.735. The van der Waals surface area contributed by atoms with Gasteiger partial charge in [0.25, 0.3) is 0 Å². The molecule has 0 spiro atoms. The van der Waals surface area contributed by atoms with Gasteiger partial charge in [-0.3, -0.25) is 4.79 Å². The lowest BCUT2D eigenvalue weighted by Gasteiger charge is -2.08. The molecule has 0 saturated carbocycles. The molecule has 0 aromatic heterocycles. The second kappa shape index (κ2) is 5.68. The fourth-order valence-corrected chi connectivity index (χ4v) is 2.43. The second-order valence-electron chi connectivity index (χ2n) is 3.96. The van der Waals surface area contributed by atoms with E-state index < -0.39 is 0 Å². The van der Waals surface area contributed by atoms with Crippen LogP contribution in [0.25, 0.3) is 0 Å². The lowest BCUT2D eigenvalue weighted by Crippen LogP contribution is -2.05. The van der Waals surface area contributed by atoms with Crippen LogP contribution < -0.4 is 0 Å². The summed E-state index contributed by atoms with van der Waals surface area (Å²) in [5.41, 5.74) is 2.30. The zero-order chi connectivity index (χ0) is 13.1. The lowest BCUT2D eigenvalue weighted by atomic mass is 9.97. The number of benzene rings is 2. The Morgan fingerprint density at radius 1 is 1.17 bits per heavy atom. The average Bonchev–Trinajstić information content (AvgIpc) is 2.40. The monoisotopic (exact) mass is 322 g/mol. The summed E-state index contributed by atoms with van der Waals surface area (Å²) in [6.45, 7) is 2.04. The van der Waals surface area contributed by atoms with Crippen molar-refractivity contribution < 1.29 is 4.79 Å². The summed E-state index contributed by atoms with van der Waals surface area (Å²) < 4.78 is 0.851. The van der Waals surface area contributed by atoms with Crippen LogP contribution in [0, 0.1) is 0 Å². The Kier molecular flexibility index (Phi) is 4.20. The predicted octanol–water partition coefficient (Wildman–Crippen LogP) is 4.90. The molecule has 0 amide bonds. The summed E-state index contributed by atoms with van der Waals surface area (Å²) in [5.74, 6) is -0.0289. The Hall–Kier alpha value is -1.12. The van der Waals surface area contributed by atoms with Crippen LogP contribution in [0.1, 0.15) is 28.4 Å². The van der Waals surface area contributed by atoms with E-state index in [-0.39, 0.29) is 5.78 Å². The van der Waals surface area contributed by atoms with Crippen molar-refractivity contribution in [2.24, 2.45) is 0 Å². The van der Waals surface area contributed by atoms with E-state index in [1.165, 1.54) is 0 Å². The van der Waals surface area contributed by atoms with E-state index in [9.17, 15) is 4.79 Å². The Bertz CT molecular complexity index is 593. The van der Waals surface area contributed by atoms with Crippen molar-refractivity contribution in [3.05, 3.63) is 68.7 Å². The molecular weight excluding hydrogens is 312 g/mol. The molecule has 2 aromatic carbocycles. The molecule has 0 bridgehead atoms. The topological polar surface area (TPSA) is 17.1 Å². The van der Waals surface area contributed by atoms with E-state index in [0.717, 1.165) is 22.0 Å². The van der Waals surface area contributed by atoms with Crippen LogP contribution in [0.4, 0.5) is 0 Å². The summed E-state index contributed by atoms with van der Waals surface area (Å²) in [4.78, 5) is 12.5. The highest BCUT2D eigenvalue weighted by Gasteiger charge is 2.15. The van der Waals surface area contributed by atoms with Gasteiger partial charge in [-0.25, -0.2) is 0 Å². The molecule has 92 valence electrons. The predicted molar refractivity (Wildman–Crippen MR) is 78.4 cm³/mol. The first-order chi connectivity index (χ1) is 8.63. The standard InChI is InChI=1S/C15H12BrClO/c1-2-10-5-3-4-6-12(10)15(18)13-9-11(16)7-8-14(13)17/h3-9H,2H2,1H3. The maximum atomic E-state index is 12.5. The first-order valence-corrected chi connectivity index (χ1v) is 6.88. The molecule has 18 heavy (non-hydrogen) atoms. The van der Waals surface area contributed by atoms with Crippen LogP contribution in [0.3, 0.4) is 0 Å². The molecule has 2 aromatic rings. The highest BCUT2D eigenvalue weighted by Crippen LogP contribution is 2.25. The van der Waals surface area contributed by atoms with Gasteiger partial charge in [0.2, 0.25) is 0 Å². The zero-order valence-electron chi connectivity index (χ0n) is 9.91. The molecule has 0 aliphatic heterocycles. The summed E-state index contributed by atoms with van der Waals surface area (Å²) in [6, 6.07) is 12.9. The van der Waals surface area contributed by atoms with Crippen molar-refractivity contribution in [2.45, 2.75) is 13.3 Å². The third-order valence-corrected chi connectivity index (χ3v) is 3.64. The minimum Gasteiger partial charge on any atom is -0.289 e. The Morgan fingerprint density at radius 3 is 2.61 bits per heavy atom. The van der Waals surface area contributed by atoms with Gasteiger partial charge < -0.3 is 0 Å². The number of rotatable bonds is 3. The van der Waals surface area contributed by atoms with Gasteiger partial charge in [0.1, 0.15) is 0 Å². The molecule has 0 unspecified atom stereocenters. The van der Waals surface area contributed by atoms with Gasteiger partial charge in [-0.15, -0.1) is 0 Å². The lowest BCUT2D eigenvalue weighted by molar-refractivity contribution is 0.103. The summed E-state index contributed by atoms with van der Waals surface area (Å²) in [7, 11) is 0. The van der Waals surface area contributed by atoms with Crippen molar-refractivity contribution in [3.8, 4) is 0 Å². The molecule has 1 nitrogen and oxygen atoms in total. The highest BCUT2D eigenvalue weighted by atomic mass is 79.9. The maximum Gasteiger partial charge on any atom is 0.194 e. The van der Waals surface area contributed by atoms with Gasteiger partial charge in [0, 0.05) is 15.6 Å². The Labute approximate surface area is 120 Å². The van der Waals surface area contributed by atoms with Crippen molar-refractivity contribution in [1.29, 1.82) is 0 Å². The van der Waals surface area contributed by atoms with Crippen LogP contribution >= 0.6 is 27.5 Å². The zero-order valence-corrected chi connectivity index (χ0v) is 12.3. The van der Waals surface area contributed by atoms with E-state index in [4.69, 9.17) is 11.6 Å². The fraction of sp³-hybridized carbons (Fsp3) is 0.133. The van der Waals surface area contributed by atoms with Crippen LogP contribution in [0.5, 0.6) is 0 Å². The van der Waals surface area contributed by atoms with E-state index in [1.807, 2.05) is 37.3 Å². The van der Waals surface area contributed by atoms with E-state index in [0.29, 0.717) is 10.6 Å². The van der Waals surface area contributed by atoms with Crippen molar-refractivity contribution in [2.75, 3.05) is 0 Å². The van der Waals surface area contributed by atoms with Crippen LogP contribution in [-0.2, 0) is 6.42 Å². The fourth-order valence-electron chi connectivity index (χ4n) is 1.87. The molecule has 0 aliphatic rings. The van der Waals surface area contributed by atoms with Crippen molar-refractivity contribution >= 4 is 33.3 Å². The molecule has 0 heterocycles. The van der Waals surface area contributed by atoms with Crippen molar-refractivity contribution in [1.82, 2.24) is 0 Å². The largest absolute Gasteiger partial charge is 0.289 e. The molecule has 3 heteroatoms.